The number of hydrogen-bond acceptors (Lipinski definition) is 6. The fourth-order valence-electron chi connectivity index (χ4n) is 4.36. The van der Waals surface area contributed by atoms with Gasteiger partial charge in [0.2, 0.25) is 17.6 Å². The molecular formula is C27H22Cl2FN3O4S. The molecule has 196 valence electrons. The number of carbonyl (C=O) groups is 1. The molecule has 0 radical (unpaired) electrons. The Hall–Kier alpha value is -3.27. The highest BCUT2D eigenvalue weighted by Crippen LogP contribution is 2.57. The van der Waals surface area contributed by atoms with E-state index in [-0.39, 0.29) is 18.1 Å². The molecule has 1 aliphatic carbocycles. The molecule has 1 atom stereocenters. The number of nitrogens with one attached hydrogen (secondary N) is 1. The molecule has 0 spiro atoms. The molecule has 1 fully saturated rings. The van der Waals surface area contributed by atoms with E-state index in [1.165, 1.54) is 12.1 Å². The smallest absolute Gasteiger partial charge is 0.237 e. The summed E-state index contributed by atoms with van der Waals surface area (Å²) in [6.45, 7) is 1.61. The van der Waals surface area contributed by atoms with Crippen LogP contribution in [0.4, 0.5) is 10.1 Å². The van der Waals surface area contributed by atoms with Crippen LogP contribution in [0, 0.1) is 5.82 Å². The molecule has 1 heterocycles. The maximum absolute atomic E-state index is 13.3. The van der Waals surface area contributed by atoms with Gasteiger partial charge in [0.25, 0.3) is 0 Å². The predicted molar refractivity (Wildman–Crippen MR) is 144 cm³/mol. The number of nitrogens with zero attached hydrogens (tertiary/aromatic N) is 2. The molecule has 7 nitrogen and oxygen atoms in total. The molecule has 4 aromatic rings. The zero-order valence-corrected chi connectivity index (χ0v) is 22.5. The topological polar surface area (TPSA) is 102 Å². The first-order chi connectivity index (χ1) is 18.2. The van der Waals surface area contributed by atoms with Crippen LogP contribution < -0.4 is 5.32 Å². The second-order valence-corrected chi connectivity index (χ2v) is 11.4. The summed E-state index contributed by atoms with van der Waals surface area (Å²) in [6.07, 6.45) is 1.50. The largest absolute Gasteiger partial charge is 0.338 e. The van der Waals surface area contributed by atoms with E-state index >= 15 is 0 Å². The van der Waals surface area contributed by atoms with Gasteiger partial charge >= 0.3 is 0 Å². The van der Waals surface area contributed by atoms with Crippen molar-refractivity contribution in [3.63, 3.8) is 0 Å². The number of rotatable bonds is 8. The Morgan fingerprint density at radius 1 is 1.08 bits per heavy atom. The quantitative estimate of drug-likeness (QED) is 0.246. The highest BCUT2D eigenvalue weighted by Gasteiger charge is 2.53. The maximum Gasteiger partial charge on any atom is 0.237 e. The SMILES string of the molecule is CC(c1ccc(CC(=O)Nc2cc(Cl)c(C3(c4nc(-c5ccc(F)cc5)no4)CC3)c(Cl)c2)cc1)[SH](=O)=O. The van der Waals surface area contributed by atoms with E-state index in [0.717, 1.165) is 5.56 Å². The van der Waals surface area contributed by atoms with Crippen LogP contribution in [0.1, 0.15) is 47.6 Å². The Bertz CT molecular complexity index is 1550. The minimum atomic E-state index is -2.57. The molecule has 1 aliphatic rings. The van der Waals surface area contributed by atoms with Gasteiger partial charge in [-0.15, -0.1) is 0 Å². The minimum Gasteiger partial charge on any atom is -0.338 e. The standard InChI is InChI=1S/C27H22Cl2FN3O4S/c1-15(38(35)36)17-4-2-16(3-5-17)12-23(34)31-20-13-21(28)24(22(29)14-20)27(10-11-27)26-32-25(33-37-26)18-6-8-19(30)9-7-18/h2-9,13-15,38H,10-12H2,1H3,(H,31,34). The third-order valence-corrected chi connectivity index (χ3v) is 8.16. The fraction of sp³-hybridized carbons (Fsp3) is 0.222. The van der Waals surface area contributed by atoms with Gasteiger partial charge in [-0.1, -0.05) is 52.6 Å². The second-order valence-electron chi connectivity index (χ2n) is 9.25. The summed E-state index contributed by atoms with van der Waals surface area (Å²) in [5, 5.41) is 6.98. The van der Waals surface area contributed by atoms with E-state index in [0.29, 0.717) is 57.0 Å². The van der Waals surface area contributed by atoms with Crippen LogP contribution in [-0.4, -0.2) is 24.5 Å². The monoisotopic (exact) mass is 573 g/mol. The summed E-state index contributed by atoms with van der Waals surface area (Å²) >= 11 is 13.3. The van der Waals surface area contributed by atoms with E-state index in [1.54, 1.807) is 55.5 Å². The molecule has 5 rings (SSSR count). The van der Waals surface area contributed by atoms with E-state index < -0.39 is 21.4 Å². The summed E-state index contributed by atoms with van der Waals surface area (Å²) < 4.78 is 41.2. The Kier molecular flexibility index (Phi) is 7.26. The number of anilines is 1. The van der Waals surface area contributed by atoms with Gasteiger partial charge in [0.1, 0.15) is 16.5 Å². The highest BCUT2D eigenvalue weighted by atomic mass is 35.5. The molecule has 1 unspecified atom stereocenters. The minimum absolute atomic E-state index is 0.0905. The summed E-state index contributed by atoms with van der Waals surface area (Å²) in [5.74, 6) is 0.0790. The lowest BCUT2D eigenvalue weighted by atomic mass is 9.95. The van der Waals surface area contributed by atoms with Crippen molar-refractivity contribution in [1.29, 1.82) is 0 Å². The Balaban J connectivity index is 1.31. The second kappa shape index (κ2) is 10.5. The van der Waals surface area contributed by atoms with Crippen LogP contribution in [0.3, 0.4) is 0 Å². The number of benzene rings is 3. The summed E-state index contributed by atoms with van der Waals surface area (Å²) in [4.78, 5) is 17.2. The van der Waals surface area contributed by atoms with Crippen molar-refractivity contribution in [2.45, 2.75) is 36.9 Å². The first-order valence-electron chi connectivity index (χ1n) is 11.8. The molecule has 1 amide bonds. The van der Waals surface area contributed by atoms with Crippen LogP contribution in [0.5, 0.6) is 0 Å². The molecule has 1 N–H and O–H groups in total. The number of aromatic nitrogens is 2. The van der Waals surface area contributed by atoms with Gasteiger partial charge in [0.05, 0.1) is 17.1 Å². The summed E-state index contributed by atoms with van der Waals surface area (Å²) in [6, 6.07) is 15.9. The van der Waals surface area contributed by atoms with E-state index in [9.17, 15) is 17.6 Å². The Labute approximate surface area is 229 Å². The maximum atomic E-state index is 13.3. The zero-order valence-electron chi connectivity index (χ0n) is 20.1. The lowest BCUT2D eigenvalue weighted by Gasteiger charge is -2.17. The van der Waals surface area contributed by atoms with Crippen LogP contribution in [0.25, 0.3) is 11.4 Å². The van der Waals surface area contributed by atoms with E-state index in [4.69, 9.17) is 27.7 Å². The molecule has 0 aliphatic heterocycles. The van der Waals surface area contributed by atoms with Crippen molar-refractivity contribution in [3.05, 3.63) is 99.1 Å². The molecule has 0 saturated heterocycles. The normalized spacial score (nSPS) is 14.9. The van der Waals surface area contributed by atoms with Gasteiger partial charge < -0.3 is 9.84 Å². The highest BCUT2D eigenvalue weighted by molar-refractivity contribution is 7.72. The molecular weight excluding hydrogens is 552 g/mol. The van der Waals surface area contributed by atoms with Crippen molar-refractivity contribution in [1.82, 2.24) is 10.1 Å². The van der Waals surface area contributed by atoms with Crippen LogP contribution in [-0.2, 0) is 27.3 Å². The summed E-state index contributed by atoms with van der Waals surface area (Å²) in [7, 11) is -2.57. The summed E-state index contributed by atoms with van der Waals surface area (Å²) in [5.41, 5.74) is 2.48. The van der Waals surface area contributed by atoms with Crippen LogP contribution in [0.2, 0.25) is 10.0 Å². The first kappa shape index (κ1) is 26.3. The van der Waals surface area contributed by atoms with Gasteiger partial charge in [0, 0.05) is 26.9 Å². The average Bonchev–Trinajstić information content (AvgIpc) is 3.50. The molecule has 38 heavy (non-hydrogen) atoms. The third kappa shape index (κ3) is 5.32. The van der Waals surface area contributed by atoms with Gasteiger partial charge in [0.15, 0.2) is 0 Å². The number of halogens is 3. The van der Waals surface area contributed by atoms with Gasteiger partial charge in [-0.2, -0.15) is 4.98 Å². The van der Waals surface area contributed by atoms with E-state index in [2.05, 4.69) is 15.5 Å². The number of amides is 1. The van der Waals surface area contributed by atoms with Gasteiger partial charge in [-0.05, 0) is 67.3 Å². The van der Waals surface area contributed by atoms with E-state index in [1.807, 2.05) is 0 Å². The van der Waals surface area contributed by atoms with Crippen molar-refractivity contribution in [3.8, 4) is 11.4 Å². The average molecular weight is 574 g/mol. The lowest BCUT2D eigenvalue weighted by Crippen LogP contribution is -2.16. The number of carbonyl (C=O) groups excluding carboxylic acids is 1. The molecule has 11 heteroatoms. The fourth-order valence-corrected chi connectivity index (χ4v) is 5.62. The zero-order chi connectivity index (χ0) is 27.0. The molecule has 1 saturated carbocycles. The first-order valence-corrected chi connectivity index (χ1v) is 13.8. The molecule has 0 bridgehead atoms. The number of hydrogen-bond donors (Lipinski definition) is 2. The molecule has 1 aromatic heterocycles. The van der Waals surface area contributed by atoms with Crippen molar-refractivity contribution < 1.29 is 22.1 Å². The Morgan fingerprint density at radius 3 is 2.29 bits per heavy atom. The van der Waals surface area contributed by atoms with Crippen molar-refractivity contribution >= 4 is 45.5 Å². The predicted octanol–water partition coefficient (Wildman–Crippen LogP) is 6.12. The van der Waals surface area contributed by atoms with Crippen molar-refractivity contribution in [2.24, 2.45) is 0 Å². The Morgan fingerprint density at radius 2 is 1.71 bits per heavy atom. The number of thiol groups is 1. The van der Waals surface area contributed by atoms with Crippen molar-refractivity contribution in [2.75, 3.05) is 5.32 Å². The third-order valence-electron chi connectivity index (χ3n) is 6.64. The molecule has 3 aromatic carbocycles. The van der Waals surface area contributed by atoms with Gasteiger partial charge in [-0.3, -0.25) is 4.79 Å². The van der Waals surface area contributed by atoms with Crippen LogP contribution >= 0.6 is 23.2 Å². The van der Waals surface area contributed by atoms with Crippen LogP contribution in [0.15, 0.2) is 65.2 Å². The lowest BCUT2D eigenvalue weighted by molar-refractivity contribution is -0.115. The van der Waals surface area contributed by atoms with Gasteiger partial charge in [-0.25, -0.2) is 12.8 Å².